The van der Waals surface area contributed by atoms with Gasteiger partial charge in [0.05, 0.1) is 12.1 Å². The third-order valence-electron chi connectivity index (χ3n) is 5.97. The van der Waals surface area contributed by atoms with E-state index in [0.29, 0.717) is 5.56 Å². The number of nitrogens with one attached hydrogen (secondary N) is 3. The van der Waals surface area contributed by atoms with Gasteiger partial charge in [-0.1, -0.05) is 42.5 Å². The minimum atomic E-state index is -1.68. The Hall–Kier alpha value is -4.49. The fourth-order valence-electron chi connectivity index (χ4n) is 3.77. The van der Waals surface area contributed by atoms with E-state index in [1.807, 2.05) is 0 Å². The highest BCUT2D eigenvalue weighted by molar-refractivity contribution is 5.94. The van der Waals surface area contributed by atoms with Crippen molar-refractivity contribution >= 4 is 29.7 Å². The van der Waals surface area contributed by atoms with Gasteiger partial charge in [-0.3, -0.25) is 19.2 Å². The van der Waals surface area contributed by atoms with E-state index >= 15 is 0 Å². The maximum Gasteiger partial charge on any atom is 0.328 e. The van der Waals surface area contributed by atoms with Gasteiger partial charge in [0, 0.05) is 12.8 Å². The molecular weight excluding hydrogens is 524 g/mol. The second kappa shape index (κ2) is 15.2. The summed E-state index contributed by atoms with van der Waals surface area (Å²) in [5, 5.41) is 44.8. The summed E-state index contributed by atoms with van der Waals surface area (Å²) in [6.45, 7) is 1.17. The van der Waals surface area contributed by atoms with Crippen LogP contribution >= 0.6 is 0 Å². The van der Waals surface area contributed by atoms with Crippen LogP contribution in [-0.4, -0.2) is 80.4 Å². The first-order valence-electron chi connectivity index (χ1n) is 12.5. The van der Waals surface area contributed by atoms with Crippen LogP contribution in [0.1, 0.15) is 30.9 Å². The first-order chi connectivity index (χ1) is 18.9. The summed E-state index contributed by atoms with van der Waals surface area (Å²) in [6.07, 6.45) is -2.26. The number of phenols is 1. The molecule has 13 heteroatoms. The minimum absolute atomic E-state index is 0.0443. The van der Waals surface area contributed by atoms with Crippen LogP contribution in [0.3, 0.4) is 0 Å². The number of aliphatic carboxylic acids is 2. The van der Waals surface area contributed by atoms with E-state index in [9.17, 15) is 39.3 Å². The van der Waals surface area contributed by atoms with Crippen molar-refractivity contribution < 1.29 is 44.4 Å². The first-order valence-corrected chi connectivity index (χ1v) is 12.5. The molecule has 0 fully saturated rings. The zero-order valence-corrected chi connectivity index (χ0v) is 21.8. The summed E-state index contributed by atoms with van der Waals surface area (Å²) in [6, 6.07) is 9.05. The van der Waals surface area contributed by atoms with Gasteiger partial charge in [-0.15, -0.1) is 0 Å². The molecule has 0 radical (unpaired) electrons. The summed E-state index contributed by atoms with van der Waals surface area (Å²) in [5.41, 5.74) is 7.26. The quantitative estimate of drug-likeness (QED) is 0.137. The average Bonchev–Trinajstić information content (AvgIpc) is 2.90. The van der Waals surface area contributed by atoms with Gasteiger partial charge in [-0.2, -0.15) is 0 Å². The highest BCUT2D eigenvalue weighted by Gasteiger charge is 2.32. The number of amides is 3. The molecule has 216 valence electrons. The largest absolute Gasteiger partial charge is 0.508 e. The lowest BCUT2D eigenvalue weighted by atomic mass is 10.0. The molecule has 0 aromatic heterocycles. The van der Waals surface area contributed by atoms with Crippen LogP contribution in [0, 0.1) is 0 Å². The normalized spacial score (nSPS) is 14.6. The van der Waals surface area contributed by atoms with Gasteiger partial charge in [0.25, 0.3) is 0 Å². The Bertz CT molecular complexity index is 1170. The van der Waals surface area contributed by atoms with Crippen LogP contribution in [0.15, 0.2) is 54.6 Å². The molecular formula is C27H34N4O9. The van der Waals surface area contributed by atoms with Gasteiger partial charge in [0.2, 0.25) is 17.7 Å². The number of aliphatic hydroxyl groups excluding tert-OH is 1. The maximum atomic E-state index is 13.2. The van der Waals surface area contributed by atoms with Crippen LogP contribution in [0.5, 0.6) is 5.75 Å². The first kappa shape index (κ1) is 31.7. The number of hydrogen-bond donors (Lipinski definition) is 8. The Morgan fingerprint density at radius 1 is 0.775 bits per heavy atom. The topological polar surface area (TPSA) is 228 Å². The molecule has 0 saturated carbocycles. The number of benzene rings is 2. The molecule has 13 nitrogen and oxygen atoms in total. The number of carbonyl (C=O) groups excluding carboxylic acids is 3. The van der Waals surface area contributed by atoms with Crippen molar-refractivity contribution in [1.82, 2.24) is 16.0 Å². The maximum absolute atomic E-state index is 13.2. The van der Waals surface area contributed by atoms with Crippen LogP contribution in [0.25, 0.3) is 0 Å². The standard InChI is InChI=1S/C27H34N4O9/c1-15(32)23(27(39)40)31-26(38)21(14-17-7-9-18(33)10-8-17)30-25(37)20(11-12-22(34)35)29-24(36)19(28)13-16-5-3-2-4-6-16/h2-10,15,19-21,23,32-33H,11-14,28H2,1H3,(H,29,36)(H,30,37)(H,31,38)(H,34,35)(H,39,40). The summed E-state index contributed by atoms with van der Waals surface area (Å²) >= 11 is 0. The molecule has 2 aromatic rings. The van der Waals surface area contributed by atoms with E-state index in [0.717, 1.165) is 5.56 Å². The predicted molar refractivity (Wildman–Crippen MR) is 142 cm³/mol. The van der Waals surface area contributed by atoms with E-state index < -0.39 is 66.4 Å². The molecule has 0 aliphatic carbocycles. The smallest absolute Gasteiger partial charge is 0.328 e. The number of phenolic OH excluding ortho intramolecular Hbond substituents is 1. The number of carboxylic acid groups (broad SMARTS) is 2. The van der Waals surface area contributed by atoms with Gasteiger partial charge >= 0.3 is 11.9 Å². The van der Waals surface area contributed by atoms with Crippen LogP contribution in [0.2, 0.25) is 0 Å². The third-order valence-corrected chi connectivity index (χ3v) is 5.97. The summed E-state index contributed by atoms with van der Waals surface area (Å²) in [7, 11) is 0. The fraction of sp³-hybridized carbons (Fsp3) is 0.370. The average molecular weight is 559 g/mol. The van der Waals surface area contributed by atoms with Crippen molar-refractivity contribution in [2.24, 2.45) is 5.73 Å². The van der Waals surface area contributed by atoms with E-state index in [2.05, 4.69) is 16.0 Å². The highest BCUT2D eigenvalue weighted by atomic mass is 16.4. The van der Waals surface area contributed by atoms with Crippen molar-refractivity contribution in [2.75, 3.05) is 0 Å². The fourth-order valence-corrected chi connectivity index (χ4v) is 3.77. The molecule has 2 aromatic carbocycles. The Morgan fingerprint density at radius 2 is 1.32 bits per heavy atom. The molecule has 5 atom stereocenters. The number of aromatic hydroxyl groups is 1. The Kier molecular flexibility index (Phi) is 12.0. The molecule has 0 saturated heterocycles. The number of carbonyl (C=O) groups is 5. The van der Waals surface area contributed by atoms with Crippen molar-refractivity contribution in [2.45, 2.75) is 62.9 Å². The molecule has 0 aliphatic heterocycles. The summed E-state index contributed by atoms with van der Waals surface area (Å²) in [5.74, 6) is -5.33. The molecule has 0 bridgehead atoms. The second-order valence-electron chi connectivity index (χ2n) is 9.29. The van der Waals surface area contributed by atoms with Crippen LogP contribution in [0.4, 0.5) is 0 Å². The molecule has 0 spiro atoms. The molecule has 0 heterocycles. The van der Waals surface area contributed by atoms with Gasteiger partial charge in [0.1, 0.15) is 17.8 Å². The number of nitrogens with two attached hydrogens (primary N) is 1. The summed E-state index contributed by atoms with van der Waals surface area (Å²) < 4.78 is 0. The van der Waals surface area contributed by atoms with Crippen molar-refractivity contribution in [3.05, 3.63) is 65.7 Å². The van der Waals surface area contributed by atoms with Crippen molar-refractivity contribution in [3.63, 3.8) is 0 Å². The van der Waals surface area contributed by atoms with Gasteiger partial charge in [0.15, 0.2) is 6.04 Å². The number of carboxylic acids is 2. The Morgan fingerprint density at radius 3 is 1.88 bits per heavy atom. The van der Waals surface area contributed by atoms with Crippen LogP contribution < -0.4 is 21.7 Å². The SMILES string of the molecule is CC(O)C(NC(=O)C(Cc1ccc(O)cc1)NC(=O)C(CCC(=O)O)NC(=O)C(N)Cc1ccccc1)C(=O)O. The Labute approximate surface area is 230 Å². The van der Waals surface area contributed by atoms with E-state index in [1.54, 1.807) is 30.3 Å². The molecule has 40 heavy (non-hydrogen) atoms. The minimum Gasteiger partial charge on any atom is -0.508 e. The number of aliphatic hydroxyl groups is 1. The highest BCUT2D eigenvalue weighted by Crippen LogP contribution is 2.12. The second-order valence-corrected chi connectivity index (χ2v) is 9.29. The zero-order valence-electron chi connectivity index (χ0n) is 21.8. The molecule has 3 amide bonds. The van der Waals surface area contributed by atoms with Gasteiger partial charge < -0.3 is 42.1 Å². The lowest BCUT2D eigenvalue weighted by molar-refractivity contribution is -0.145. The summed E-state index contributed by atoms with van der Waals surface area (Å²) in [4.78, 5) is 61.8. The van der Waals surface area contributed by atoms with E-state index in [-0.39, 0.29) is 25.0 Å². The van der Waals surface area contributed by atoms with Crippen molar-refractivity contribution in [3.8, 4) is 5.75 Å². The van der Waals surface area contributed by atoms with Gasteiger partial charge in [-0.25, -0.2) is 4.79 Å². The Balaban J connectivity index is 2.24. The van der Waals surface area contributed by atoms with Crippen LogP contribution in [-0.2, 0) is 36.8 Å². The molecule has 5 unspecified atom stereocenters. The zero-order chi connectivity index (χ0) is 29.8. The molecule has 0 aliphatic rings. The van der Waals surface area contributed by atoms with E-state index in [1.165, 1.54) is 31.2 Å². The lowest BCUT2D eigenvalue weighted by Crippen LogP contribution is -2.59. The number of hydrogen-bond acceptors (Lipinski definition) is 8. The molecule has 2 rings (SSSR count). The number of rotatable bonds is 15. The van der Waals surface area contributed by atoms with Crippen molar-refractivity contribution in [1.29, 1.82) is 0 Å². The predicted octanol–water partition coefficient (Wildman–Crippen LogP) is -0.711. The van der Waals surface area contributed by atoms with E-state index in [4.69, 9.17) is 10.8 Å². The van der Waals surface area contributed by atoms with Gasteiger partial charge in [-0.05, 0) is 43.0 Å². The monoisotopic (exact) mass is 558 g/mol. The lowest BCUT2D eigenvalue weighted by Gasteiger charge is -2.26. The molecule has 9 N–H and O–H groups in total. The third kappa shape index (κ3) is 10.3.